The van der Waals surface area contributed by atoms with Crippen molar-refractivity contribution >= 4 is 0 Å². The lowest BCUT2D eigenvalue weighted by Gasteiger charge is -2.36. The fourth-order valence-corrected chi connectivity index (χ4v) is 6.75. The Morgan fingerprint density at radius 2 is 1.48 bits per heavy atom. The first-order chi connectivity index (χ1) is 23.6. The van der Waals surface area contributed by atoms with Crippen LogP contribution in [0.5, 0.6) is 23.0 Å². The lowest BCUT2D eigenvalue weighted by molar-refractivity contribution is 0.174. The predicted molar refractivity (Wildman–Crippen MR) is 195 cm³/mol. The molecule has 0 radical (unpaired) electrons. The van der Waals surface area contributed by atoms with Gasteiger partial charge in [0.15, 0.2) is 23.0 Å². The van der Waals surface area contributed by atoms with Gasteiger partial charge in [0.1, 0.15) is 13.2 Å². The Hall–Kier alpha value is -4.00. The standard InChI is InChI=1S/C42H54N2O4/c1-3-27-44(28-13-5-4-12-25-43-26-24-33-18-22-39(45)41(29-33)46-2)37-20-21-38-36(30-37)19-23-40(47-31-34-14-8-6-9-15-34)42(38)48-32-35-16-10-7-11-17-35/h6-11,14-19,22-23,29,37,43,45H,3-5,12-13,20-21,24-28,30-32H2,1-2H3. The van der Waals surface area contributed by atoms with E-state index in [1.54, 1.807) is 13.2 Å². The van der Waals surface area contributed by atoms with E-state index in [-0.39, 0.29) is 5.75 Å². The highest BCUT2D eigenvalue weighted by molar-refractivity contribution is 5.52. The Bertz CT molecular complexity index is 1510. The maximum absolute atomic E-state index is 9.79. The van der Waals surface area contributed by atoms with E-state index in [1.807, 2.05) is 24.3 Å². The molecule has 6 heteroatoms. The summed E-state index contributed by atoms with van der Waals surface area (Å²) in [4.78, 5) is 2.75. The molecule has 2 N–H and O–H groups in total. The zero-order valence-electron chi connectivity index (χ0n) is 29.0. The molecule has 5 rings (SSSR count). The van der Waals surface area contributed by atoms with Crippen LogP contribution < -0.4 is 19.5 Å². The van der Waals surface area contributed by atoms with Gasteiger partial charge in [-0.05, 0) is 112 Å². The second-order valence-corrected chi connectivity index (χ2v) is 12.9. The maximum Gasteiger partial charge on any atom is 0.165 e. The molecule has 48 heavy (non-hydrogen) atoms. The van der Waals surface area contributed by atoms with Gasteiger partial charge < -0.3 is 29.5 Å². The number of fused-ring (bicyclic) bond motifs is 1. The van der Waals surface area contributed by atoms with Crippen molar-refractivity contribution in [2.24, 2.45) is 0 Å². The number of methoxy groups -OCH3 is 1. The maximum atomic E-state index is 9.79. The van der Waals surface area contributed by atoms with Crippen LogP contribution in [-0.4, -0.2) is 49.3 Å². The van der Waals surface area contributed by atoms with Crippen molar-refractivity contribution in [2.75, 3.05) is 33.3 Å². The van der Waals surface area contributed by atoms with Gasteiger partial charge in [-0.25, -0.2) is 0 Å². The Morgan fingerprint density at radius 3 is 2.21 bits per heavy atom. The number of rotatable bonds is 20. The van der Waals surface area contributed by atoms with Crippen LogP contribution in [-0.2, 0) is 32.5 Å². The molecule has 0 amide bonds. The van der Waals surface area contributed by atoms with Gasteiger partial charge >= 0.3 is 0 Å². The summed E-state index contributed by atoms with van der Waals surface area (Å²) in [5, 5.41) is 13.4. The minimum Gasteiger partial charge on any atom is -0.504 e. The van der Waals surface area contributed by atoms with Crippen molar-refractivity contribution in [1.29, 1.82) is 0 Å². The fraction of sp³-hybridized carbons (Fsp3) is 0.429. The van der Waals surface area contributed by atoms with Gasteiger partial charge in [0.25, 0.3) is 0 Å². The quantitative estimate of drug-likeness (QED) is 0.0936. The van der Waals surface area contributed by atoms with Gasteiger partial charge in [-0.1, -0.05) is 92.6 Å². The molecule has 1 unspecified atom stereocenters. The SMILES string of the molecule is CCCN(CCCCCCNCCc1ccc(O)c(OC)c1)C1CCc2c(ccc(OCc3ccccc3)c2OCc2ccccc2)C1. The molecule has 0 bridgehead atoms. The number of phenolic OH excluding ortho intramolecular Hbond substituents is 1. The molecule has 0 saturated carbocycles. The van der Waals surface area contributed by atoms with E-state index in [9.17, 15) is 5.11 Å². The molecular formula is C42H54N2O4. The Morgan fingerprint density at radius 1 is 0.750 bits per heavy atom. The second kappa shape index (κ2) is 19.1. The summed E-state index contributed by atoms with van der Waals surface area (Å²) in [5.41, 5.74) is 6.22. The molecule has 1 atom stereocenters. The number of unbranched alkanes of at least 4 members (excludes halogenated alkanes) is 3. The van der Waals surface area contributed by atoms with Crippen molar-refractivity contribution in [3.63, 3.8) is 0 Å². The Kier molecular flexibility index (Phi) is 14.1. The Labute approximate surface area is 288 Å². The molecule has 1 aliphatic rings. The third-order valence-electron chi connectivity index (χ3n) is 9.38. The highest BCUT2D eigenvalue weighted by atomic mass is 16.5. The largest absolute Gasteiger partial charge is 0.504 e. The summed E-state index contributed by atoms with van der Waals surface area (Å²) in [6.07, 6.45) is 10.3. The monoisotopic (exact) mass is 650 g/mol. The topological polar surface area (TPSA) is 63.2 Å². The van der Waals surface area contributed by atoms with Crippen LogP contribution in [0.4, 0.5) is 0 Å². The first-order valence-corrected chi connectivity index (χ1v) is 17.9. The van der Waals surface area contributed by atoms with Crippen molar-refractivity contribution in [3.05, 3.63) is 119 Å². The van der Waals surface area contributed by atoms with Crippen LogP contribution >= 0.6 is 0 Å². The third-order valence-corrected chi connectivity index (χ3v) is 9.38. The molecule has 0 aliphatic heterocycles. The number of aromatic hydroxyl groups is 1. The summed E-state index contributed by atoms with van der Waals surface area (Å²) < 4.78 is 18.2. The van der Waals surface area contributed by atoms with Crippen LogP contribution in [0.2, 0.25) is 0 Å². The summed E-state index contributed by atoms with van der Waals surface area (Å²) in [6.45, 7) is 7.65. The lowest BCUT2D eigenvalue weighted by atomic mass is 9.86. The number of nitrogens with one attached hydrogen (secondary N) is 1. The van der Waals surface area contributed by atoms with Crippen molar-refractivity contribution in [2.45, 2.75) is 84.0 Å². The lowest BCUT2D eigenvalue weighted by Crippen LogP contribution is -2.40. The molecule has 0 saturated heterocycles. The third kappa shape index (κ3) is 10.5. The molecule has 0 fully saturated rings. The first-order valence-electron chi connectivity index (χ1n) is 17.9. The average Bonchev–Trinajstić information content (AvgIpc) is 3.13. The number of phenols is 1. The van der Waals surface area contributed by atoms with E-state index < -0.39 is 0 Å². The van der Waals surface area contributed by atoms with Gasteiger partial charge in [-0.15, -0.1) is 0 Å². The van der Waals surface area contributed by atoms with Crippen molar-refractivity contribution in [1.82, 2.24) is 10.2 Å². The minimum atomic E-state index is 0.192. The number of nitrogens with zero attached hydrogens (tertiary/aromatic N) is 1. The zero-order chi connectivity index (χ0) is 33.4. The van der Waals surface area contributed by atoms with E-state index in [4.69, 9.17) is 14.2 Å². The Balaban J connectivity index is 1.10. The normalized spacial score (nSPS) is 14.1. The zero-order valence-corrected chi connectivity index (χ0v) is 29.0. The van der Waals surface area contributed by atoms with Gasteiger partial charge in [0.2, 0.25) is 0 Å². The molecule has 0 aromatic heterocycles. The molecular weight excluding hydrogens is 596 g/mol. The molecule has 1 aliphatic carbocycles. The van der Waals surface area contributed by atoms with E-state index in [2.05, 4.69) is 77.8 Å². The van der Waals surface area contributed by atoms with E-state index in [1.165, 1.54) is 55.3 Å². The average molecular weight is 651 g/mol. The smallest absolute Gasteiger partial charge is 0.165 e. The van der Waals surface area contributed by atoms with Gasteiger partial charge in [-0.2, -0.15) is 0 Å². The number of ether oxygens (including phenoxy) is 3. The van der Waals surface area contributed by atoms with Crippen LogP contribution in [0.1, 0.15) is 73.3 Å². The van der Waals surface area contributed by atoms with Crippen LogP contribution in [0.25, 0.3) is 0 Å². The van der Waals surface area contributed by atoms with E-state index in [0.717, 1.165) is 67.9 Å². The molecule has 6 nitrogen and oxygen atoms in total. The number of hydrogen-bond donors (Lipinski definition) is 2. The number of benzene rings is 4. The van der Waals surface area contributed by atoms with Crippen molar-refractivity contribution in [3.8, 4) is 23.0 Å². The summed E-state index contributed by atoms with van der Waals surface area (Å²) >= 11 is 0. The van der Waals surface area contributed by atoms with Crippen molar-refractivity contribution < 1.29 is 19.3 Å². The van der Waals surface area contributed by atoms with E-state index >= 15 is 0 Å². The number of hydrogen-bond acceptors (Lipinski definition) is 6. The van der Waals surface area contributed by atoms with Crippen LogP contribution in [0.3, 0.4) is 0 Å². The fourth-order valence-electron chi connectivity index (χ4n) is 6.75. The molecule has 4 aromatic rings. The van der Waals surface area contributed by atoms with Gasteiger partial charge in [0, 0.05) is 11.6 Å². The van der Waals surface area contributed by atoms with Crippen LogP contribution in [0.15, 0.2) is 91.0 Å². The van der Waals surface area contributed by atoms with Gasteiger partial charge in [0.05, 0.1) is 7.11 Å². The minimum absolute atomic E-state index is 0.192. The second-order valence-electron chi connectivity index (χ2n) is 12.9. The molecule has 4 aromatic carbocycles. The van der Waals surface area contributed by atoms with Crippen LogP contribution in [0, 0.1) is 0 Å². The highest BCUT2D eigenvalue weighted by Gasteiger charge is 2.27. The molecule has 0 heterocycles. The summed E-state index contributed by atoms with van der Waals surface area (Å²) in [5.74, 6) is 2.49. The summed E-state index contributed by atoms with van der Waals surface area (Å²) in [6, 6.07) is 31.3. The highest BCUT2D eigenvalue weighted by Crippen LogP contribution is 2.39. The van der Waals surface area contributed by atoms with E-state index in [0.29, 0.717) is 25.0 Å². The molecule has 0 spiro atoms. The summed E-state index contributed by atoms with van der Waals surface area (Å²) in [7, 11) is 1.59. The van der Waals surface area contributed by atoms with Gasteiger partial charge in [-0.3, -0.25) is 0 Å². The predicted octanol–water partition coefficient (Wildman–Crippen LogP) is 8.52. The molecule has 256 valence electrons. The first kappa shape index (κ1) is 35.3.